The molecule has 1 unspecified atom stereocenters. The van der Waals surface area contributed by atoms with Gasteiger partial charge in [-0.3, -0.25) is 4.79 Å². The number of nitrogens with one attached hydrogen (secondary N) is 1. The molecule has 1 atom stereocenters. The Morgan fingerprint density at radius 2 is 1.96 bits per heavy atom. The molecule has 2 aromatic carbocycles. The number of rotatable bonds is 6. The van der Waals surface area contributed by atoms with E-state index in [1.807, 2.05) is 6.07 Å². The van der Waals surface area contributed by atoms with Crippen LogP contribution in [0.1, 0.15) is 29.7 Å². The lowest BCUT2D eigenvalue weighted by Gasteiger charge is -2.15. The minimum absolute atomic E-state index is 0.0506. The summed E-state index contributed by atoms with van der Waals surface area (Å²) in [6.45, 7) is 1.56. The van der Waals surface area contributed by atoms with Crippen molar-refractivity contribution in [2.75, 3.05) is 6.61 Å². The highest BCUT2D eigenvalue weighted by Gasteiger charge is 2.30. The summed E-state index contributed by atoms with van der Waals surface area (Å²) in [6.07, 6.45) is -1.56. The van der Waals surface area contributed by atoms with Crippen molar-refractivity contribution >= 4 is 12.0 Å². The van der Waals surface area contributed by atoms with E-state index in [-0.39, 0.29) is 6.61 Å². The van der Waals surface area contributed by atoms with Crippen LogP contribution in [-0.2, 0) is 11.0 Å². The van der Waals surface area contributed by atoms with Crippen molar-refractivity contribution < 1.29 is 22.7 Å². The highest BCUT2D eigenvalue weighted by Crippen LogP contribution is 2.30. The van der Waals surface area contributed by atoms with Crippen molar-refractivity contribution in [1.82, 2.24) is 5.32 Å². The zero-order chi connectivity index (χ0) is 19.9. The van der Waals surface area contributed by atoms with Gasteiger partial charge in [0.05, 0.1) is 11.6 Å². The van der Waals surface area contributed by atoms with Crippen LogP contribution >= 0.6 is 0 Å². The number of nitrogens with zero attached hydrogens (tertiary/aromatic N) is 1. The molecule has 1 N–H and O–H groups in total. The fourth-order valence-electron chi connectivity index (χ4n) is 2.29. The van der Waals surface area contributed by atoms with Crippen LogP contribution in [0.15, 0.2) is 54.6 Å². The molecule has 0 saturated carbocycles. The van der Waals surface area contributed by atoms with E-state index >= 15 is 0 Å². The molecule has 2 aromatic rings. The Morgan fingerprint density at radius 1 is 1.26 bits per heavy atom. The summed E-state index contributed by atoms with van der Waals surface area (Å²) in [7, 11) is 0. The lowest BCUT2D eigenvalue weighted by Crippen LogP contribution is -2.24. The molecule has 0 saturated heterocycles. The van der Waals surface area contributed by atoms with E-state index in [1.165, 1.54) is 18.2 Å². The molecule has 27 heavy (non-hydrogen) atoms. The third-order valence-corrected chi connectivity index (χ3v) is 3.68. The number of ether oxygens (including phenoxy) is 1. The molecule has 7 heteroatoms. The number of carbonyl (C=O) groups excluding carboxylic acids is 1. The number of hydrogen-bond donors (Lipinski definition) is 1. The van der Waals surface area contributed by atoms with Crippen LogP contribution in [0.4, 0.5) is 13.2 Å². The predicted molar refractivity (Wildman–Crippen MR) is 94.6 cm³/mol. The number of amides is 1. The minimum Gasteiger partial charge on any atom is -0.479 e. The van der Waals surface area contributed by atoms with Crippen LogP contribution in [0.2, 0.25) is 0 Å². The Morgan fingerprint density at radius 3 is 2.59 bits per heavy atom. The molecule has 0 spiro atoms. The van der Waals surface area contributed by atoms with E-state index < -0.39 is 23.7 Å². The number of hydrogen-bond acceptors (Lipinski definition) is 3. The molecule has 0 aromatic heterocycles. The van der Waals surface area contributed by atoms with Crippen molar-refractivity contribution in [1.29, 1.82) is 5.26 Å². The topological polar surface area (TPSA) is 62.1 Å². The van der Waals surface area contributed by atoms with Gasteiger partial charge in [-0.2, -0.15) is 18.4 Å². The molecule has 0 radical (unpaired) electrons. The van der Waals surface area contributed by atoms with Gasteiger partial charge in [0.2, 0.25) is 5.91 Å². The molecule has 2 rings (SSSR count). The zero-order valence-electron chi connectivity index (χ0n) is 14.5. The fraction of sp³-hybridized carbons (Fsp3) is 0.200. The van der Waals surface area contributed by atoms with E-state index in [2.05, 4.69) is 5.32 Å². The van der Waals surface area contributed by atoms with Gasteiger partial charge in [0, 0.05) is 6.08 Å². The van der Waals surface area contributed by atoms with Gasteiger partial charge < -0.3 is 10.1 Å². The molecule has 0 aliphatic carbocycles. The van der Waals surface area contributed by atoms with E-state index in [0.29, 0.717) is 11.3 Å². The summed E-state index contributed by atoms with van der Waals surface area (Å²) >= 11 is 0. The first-order chi connectivity index (χ1) is 12.8. The molecule has 140 valence electrons. The molecule has 0 fully saturated rings. The standard InChI is InChI=1S/C20H17F3N2O2/c1-14(16-3-2-4-17(13-16)20(21,22)23)25-19(26)10-7-15-5-8-18(9-6-15)27-12-11-24/h2-10,13-14H,12H2,1H3,(H,25,26)/b10-7+. The molecule has 0 bridgehead atoms. The second kappa shape index (κ2) is 8.90. The molecule has 4 nitrogen and oxygen atoms in total. The molecule has 0 heterocycles. The Hall–Kier alpha value is -3.27. The number of nitriles is 1. The maximum Gasteiger partial charge on any atom is 0.416 e. The maximum atomic E-state index is 12.8. The highest BCUT2D eigenvalue weighted by atomic mass is 19.4. The van der Waals surface area contributed by atoms with Gasteiger partial charge in [-0.25, -0.2) is 0 Å². The molecule has 0 aliphatic heterocycles. The summed E-state index contributed by atoms with van der Waals surface area (Å²) in [5, 5.41) is 11.1. The quantitative estimate of drug-likeness (QED) is 0.758. The van der Waals surface area contributed by atoms with Crippen LogP contribution in [-0.4, -0.2) is 12.5 Å². The Kier molecular flexibility index (Phi) is 6.61. The average molecular weight is 374 g/mol. The monoisotopic (exact) mass is 374 g/mol. The van der Waals surface area contributed by atoms with E-state index in [1.54, 1.807) is 37.3 Å². The first-order valence-corrected chi connectivity index (χ1v) is 8.05. The van der Waals surface area contributed by atoms with Crippen LogP contribution < -0.4 is 10.1 Å². The largest absolute Gasteiger partial charge is 0.479 e. The van der Waals surface area contributed by atoms with Crippen LogP contribution in [0.3, 0.4) is 0 Å². The van der Waals surface area contributed by atoms with E-state index in [0.717, 1.165) is 17.7 Å². The maximum absolute atomic E-state index is 12.8. The van der Waals surface area contributed by atoms with Gasteiger partial charge in [-0.1, -0.05) is 24.3 Å². The molecular weight excluding hydrogens is 357 g/mol. The smallest absolute Gasteiger partial charge is 0.416 e. The van der Waals surface area contributed by atoms with Gasteiger partial charge in [-0.05, 0) is 48.4 Å². The van der Waals surface area contributed by atoms with E-state index in [9.17, 15) is 18.0 Å². The zero-order valence-corrected chi connectivity index (χ0v) is 14.5. The average Bonchev–Trinajstić information content (AvgIpc) is 2.65. The van der Waals surface area contributed by atoms with E-state index in [4.69, 9.17) is 10.00 Å². The highest BCUT2D eigenvalue weighted by molar-refractivity contribution is 5.92. The Balaban J connectivity index is 1.97. The van der Waals surface area contributed by atoms with Gasteiger partial charge in [0.1, 0.15) is 11.8 Å². The third kappa shape index (κ3) is 6.19. The Bertz CT molecular complexity index is 853. The summed E-state index contributed by atoms with van der Waals surface area (Å²) in [5.41, 5.74) is 0.349. The second-order valence-corrected chi connectivity index (χ2v) is 5.70. The van der Waals surface area contributed by atoms with Crippen molar-refractivity contribution in [2.45, 2.75) is 19.1 Å². The molecule has 0 aliphatic rings. The van der Waals surface area contributed by atoms with Crippen LogP contribution in [0, 0.1) is 11.3 Å². The van der Waals surface area contributed by atoms with Crippen molar-refractivity contribution in [3.05, 3.63) is 71.3 Å². The number of carbonyl (C=O) groups is 1. The van der Waals surface area contributed by atoms with Gasteiger partial charge in [-0.15, -0.1) is 0 Å². The number of alkyl halides is 3. The van der Waals surface area contributed by atoms with Crippen LogP contribution in [0.25, 0.3) is 6.08 Å². The predicted octanol–water partition coefficient (Wildman–Crippen LogP) is 4.50. The summed E-state index contributed by atoms with van der Waals surface area (Å²) in [5.74, 6) is 0.112. The SMILES string of the molecule is CC(NC(=O)/C=C/c1ccc(OCC#N)cc1)c1cccc(C(F)(F)F)c1. The van der Waals surface area contributed by atoms with Gasteiger partial charge >= 0.3 is 6.18 Å². The summed E-state index contributed by atoms with van der Waals surface area (Å²) in [4.78, 5) is 12.0. The van der Waals surface area contributed by atoms with Crippen molar-refractivity contribution in [3.8, 4) is 11.8 Å². The van der Waals surface area contributed by atoms with Gasteiger partial charge in [0.15, 0.2) is 6.61 Å². The van der Waals surface area contributed by atoms with Crippen LogP contribution in [0.5, 0.6) is 5.75 Å². The first-order valence-electron chi connectivity index (χ1n) is 8.05. The van der Waals surface area contributed by atoms with Crippen molar-refractivity contribution in [2.24, 2.45) is 0 Å². The second-order valence-electron chi connectivity index (χ2n) is 5.70. The fourth-order valence-corrected chi connectivity index (χ4v) is 2.29. The number of halogens is 3. The summed E-state index contributed by atoms with van der Waals surface area (Å²) < 4.78 is 43.5. The minimum atomic E-state index is -4.43. The third-order valence-electron chi connectivity index (χ3n) is 3.68. The van der Waals surface area contributed by atoms with Gasteiger partial charge in [0.25, 0.3) is 0 Å². The Labute approximate surface area is 154 Å². The molecule has 1 amide bonds. The lowest BCUT2D eigenvalue weighted by atomic mass is 10.0. The lowest BCUT2D eigenvalue weighted by molar-refractivity contribution is -0.137. The summed E-state index contributed by atoms with van der Waals surface area (Å²) in [6, 6.07) is 12.9. The first kappa shape index (κ1) is 20.0. The van der Waals surface area contributed by atoms with Crippen molar-refractivity contribution in [3.63, 3.8) is 0 Å². The molecular formula is C20H17F3N2O2. The number of benzene rings is 2. The normalized spacial score (nSPS) is 12.4.